The van der Waals surface area contributed by atoms with Crippen molar-refractivity contribution < 1.29 is 9.53 Å². The molecular weight excluding hydrogens is 464 g/mol. The van der Waals surface area contributed by atoms with E-state index in [4.69, 9.17) is 39.4 Å². The summed E-state index contributed by atoms with van der Waals surface area (Å²) < 4.78 is 5.91. The second kappa shape index (κ2) is 18.0. The lowest BCUT2D eigenvalue weighted by molar-refractivity contribution is -0.127. The predicted molar refractivity (Wildman–Crippen MR) is 149 cm³/mol. The minimum absolute atomic E-state index is 0. The molecular formula is C26H45ClN6O2. The minimum Gasteiger partial charge on any atom is -0.399 e. The van der Waals surface area contributed by atoms with Crippen LogP contribution < -0.4 is 22.9 Å². The number of halogens is 1. The van der Waals surface area contributed by atoms with Crippen LogP contribution >= 0.6 is 11.8 Å². The third kappa shape index (κ3) is 15.3. The third-order valence-corrected chi connectivity index (χ3v) is 5.07. The Labute approximate surface area is 216 Å². The van der Waals surface area contributed by atoms with Gasteiger partial charge in [-0.25, -0.2) is 0 Å². The molecule has 0 radical (unpaired) electrons. The molecule has 0 aromatic heterocycles. The highest BCUT2D eigenvalue weighted by molar-refractivity contribution is 6.21. The van der Waals surface area contributed by atoms with Crippen LogP contribution in [0.4, 0.5) is 11.4 Å². The van der Waals surface area contributed by atoms with Crippen LogP contribution in [0, 0.1) is 0 Å². The molecule has 2 atom stereocenters. The number of ether oxygens (including phenoxy) is 1. The zero-order valence-electron chi connectivity index (χ0n) is 20.6. The zero-order valence-corrected chi connectivity index (χ0v) is 21.4. The van der Waals surface area contributed by atoms with Crippen LogP contribution in [0.2, 0.25) is 0 Å². The topological polar surface area (TPSA) is 137 Å². The van der Waals surface area contributed by atoms with E-state index in [0.29, 0.717) is 12.1 Å². The van der Waals surface area contributed by atoms with Crippen molar-refractivity contribution in [1.29, 1.82) is 0 Å². The Morgan fingerprint density at radius 1 is 0.943 bits per heavy atom. The van der Waals surface area contributed by atoms with Gasteiger partial charge in [0.2, 0.25) is 0 Å². The smallest absolute Gasteiger partial charge is 0.253 e. The first-order chi connectivity index (χ1) is 16.1. The van der Waals surface area contributed by atoms with Crippen LogP contribution in [0.15, 0.2) is 48.5 Å². The molecule has 2 aromatic carbocycles. The molecule has 0 saturated carbocycles. The number of hydrogen-bond acceptors (Lipinski definition) is 7. The fraction of sp³-hybridized carbons (Fsp3) is 0.500. The van der Waals surface area contributed by atoms with E-state index < -0.39 is 6.04 Å². The number of hydrogen-bond donors (Lipinski definition) is 4. The number of carbonyl (C=O) groups excluding carboxylic acids is 1. The fourth-order valence-electron chi connectivity index (χ4n) is 3.36. The van der Waals surface area contributed by atoms with E-state index in [9.17, 15) is 4.79 Å². The number of likely N-dealkylation sites (N-methyl/N-ethyl adjacent to an activating group) is 2. The normalized spacial score (nSPS) is 13.9. The molecule has 9 heteroatoms. The van der Waals surface area contributed by atoms with Gasteiger partial charge in [0, 0.05) is 56.0 Å². The molecule has 3 rings (SSSR count). The first-order valence-electron chi connectivity index (χ1n) is 11.4. The molecule has 0 aliphatic carbocycles. The van der Waals surface area contributed by atoms with Gasteiger partial charge in [0.15, 0.2) is 0 Å². The molecule has 1 fully saturated rings. The Kier molecular flexibility index (Phi) is 16.8. The van der Waals surface area contributed by atoms with Crippen LogP contribution in [-0.4, -0.2) is 68.2 Å². The predicted octanol–water partition coefficient (Wildman–Crippen LogP) is 2.88. The Balaban J connectivity index is 0.000000538. The number of benzene rings is 2. The summed E-state index contributed by atoms with van der Waals surface area (Å²) in [7, 11) is 5.52. The molecule has 1 amide bonds. The number of nitrogen functional groups attached to an aromatic ring is 2. The second-order valence-electron chi connectivity index (χ2n) is 8.66. The molecule has 8 N–H and O–H groups in total. The molecule has 198 valence electrons. The van der Waals surface area contributed by atoms with Gasteiger partial charge < -0.3 is 32.6 Å². The maximum atomic E-state index is 11.4. The number of rotatable bonds is 7. The van der Waals surface area contributed by atoms with E-state index >= 15 is 0 Å². The van der Waals surface area contributed by atoms with E-state index in [1.807, 2.05) is 44.4 Å². The number of carbonyl (C=O) groups is 1. The highest BCUT2D eigenvalue weighted by Gasteiger charge is 2.17. The maximum Gasteiger partial charge on any atom is 0.253 e. The average Bonchev–Trinajstić information content (AvgIpc) is 3.33. The second-order valence-corrected chi connectivity index (χ2v) is 9.17. The van der Waals surface area contributed by atoms with Gasteiger partial charge in [-0.1, -0.05) is 31.7 Å². The highest BCUT2D eigenvalue weighted by Crippen LogP contribution is 2.10. The van der Waals surface area contributed by atoms with Crippen molar-refractivity contribution >= 4 is 29.1 Å². The van der Waals surface area contributed by atoms with E-state index in [1.54, 1.807) is 12.1 Å². The monoisotopic (exact) mass is 508 g/mol. The van der Waals surface area contributed by atoms with Crippen molar-refractivity contribution in [2.45, 2.75) is 45.2 Å². The largest absolute Gasteiger partial charge is 0.399 e. The van der Waals surface area contributed by atoms with Crippen LogP contribution in [0.5, 0.6) is 0 Å². The molecule has 1 saturated heterocycles. The van der Waals surface area contributed by atoms with Crippen LogP contribution in [0.3, 0.4) is 0 Å². The van der Waals surface area contributed by atoms with E-state index in [2.05, 4.69) is 11.0 Å². The number of amides is 1. The summed E-state index contributed by atoms with van der Waals surface area (Å²) in [6.45, 7) is 2.90. The molecule has 35 heavy (non-hydrogen) atoms. The average molecular weight is 509 g/mol. The summed E-state index contributed by atoms with van der Waals surface area (Å²) in [5.74, 6) is -0.306. The first-order valence-corrected chi connectivity index (χ1v) is 11.8. The lowest BCUT2D eigenvalue weighted by Crippen LogP contribution is -2.39. The Hall–Kier alpha value is -2.36. The number of nitrogens with two attached hydrogens (primary N) is 4. The van der Waals surface area contributed by atoms with E-state index in [-0.39, 0.29) is 19.4 Å². The summed E-state index contributed by atoms with van der Waals surface area (Å²) in [6, 6.07) is 14.7. The molecule has 2 aromatic rings. The van der Waals surface area contributed by atoms with Gasteiger partial charge in [0.05, 0.1) is 6.04 Å². The van der Waals surface area contributed by atoms with E-state index in [1.165, 1.54) is 25.5 Å². The summed E-state index contributed by atoms with van der Waals surface area (Å²) in [5, 5.41) is 0. The number of nitrogens with zero attached hydrogens (tertiary/aromatic N) is 2. The third-order valence-electron chi connectivity index (χ3n) is 4.90. The molecule has 1 aliphatic rings. The van der Waals surface area contributed by atoms with Crippen molar-refractivity contribution in [3.63, 3.8) is 0 Å². The van der Waals surface area contributed by atoms with Gasteiger partial charge in [-0.05, 0) is 75.2 Å². The first kappa shape index (κ1) is 32.6. The zero-order chi connectivity index (χ0) is 25.5. The Bertz CT molecular complexity index is 838. The highest BCUT2D eigenvalue weighted by atomic mass is 35.5. The van der Waals surface area contributed by atoms with E-state index in [0.717, 1.165) is 41.8 Å². The van der Waals surface area contributed by atoms with Gasteiger partial charge in [0.25, 0.3) is 5.91 Å². The fourth-order valence-corrected chi connectivity index (χ4v) is 3.48. The molecule has 1 heterocycles. The van der Waals surface area contributed by atoms with Crippen molar-refractivity contribution in [2.75, 3.05) is 52.4 Å². The van der Waals surface area contributed by atoms with Gasteiger partial charge in [-0.2, -0.15) is 0 Å². The van der Waals surface area contributed by atoms with Crippen molar-refractivity contribution in [2.24, 2.45) is 11.5 Å². The quantitative estimate of drug-likeness (QED) is 0.333. The standard InChI is InChI=1S/C11H19N3.C10H14ClN3O.C4H8O.CH4/c1-14(2)8-11(13)7-9-4-3-5-10(12)6-9;1-14(11)10(15)9(13)6-7-3-2-4-8(12)5-7;1-2-4-5-3-1;/h3-6,11H,7-8,12-13H2,1-2H3;2-5,9H,6,12-13H2,1H3;1-4H2;1H4/t11-;9-;;/m00../s1. The van der Waals surface area contributed by atoms with Crippen LogP contribution in [0.1, 0.15) is 31.4 Å². The van der Waals surface area contributed by atoms with Crippen molar-refractivity contribution in [3.8, 4) is 0 Å². The summed E-state index contributed by atoms with van der Waals surface area (Å²) in [4.78, 5) is 13.5. The van der Waals surface area contributed by atoms with Crippen molar-refractivity contribution in [1.82, 2.24) is 9.32 Å². The van der Waals surface area contributed by atoms with Crippen molar-refractivity contribution in [3.05, 3.63) is 59.7 Å². The molecule has 8 nitrogen and oxygen atoms in total. The molecule has 0 spiro atoms. The SMILES string of the molecule is C.C1CCOC1.CN(C)C[C@@H](N)Cc1cccc(N)c1.CN(Cl)C(=O)[C@@H](N)Cc1cccc(N)c1. The lowest BCUT2D eigenvalue weighted by atomic mass is 10.1. The number of anilines is 2. The Morgan fingerprint density at radius 2 is 1.43 bits per heavy atom. The van der Waals surface area contributed by atoms with Gasteiger partial charge in [0.1, 0.15) is 0 Å². The van der Waals surface area contributed by atoms with Gasteiger partial charge in [-0.3, -0.25) is 9.21 Å². The summed E-state index contributed by atoms with van der Waals surface area (Å²) >= 11 is 5.50. The van der Waals surface area contributed by atoms with Gasteiger partial charge >= 0.3 is 0 Å². The van der Waals surface area contributed by atoms with Crippen LogP contribution in [-0.2, 0) is 22.4 Å². The Morgan fingerprint density at radius 3 is 1.80 bits per heavy atom. The summed E-state index contributed by atoms with van der Waals surface area (Å²) in [6.07, 6.45) is 3.87. The maximum absolute atomic E-state index is 11.4. The molecule has 0 unspecified atom stereocenters. The minimum atomic E-state index is -0.630. The van der Waals surface area contributed by atoms with Gasteiger partial charge in [-0.15, -0.1) is 0 Å². The van der Waals surface area contributed by atoms with Crippen LogP contribution in [0.25, 0.3) is 0 Å². The lowest BCUT2D eigenvalue weighted by Gasteiger charge is -2.16. The molecule has 1 aliphatic heterocycles. The summed E-state index contributed by atoms with van der Waals surface area (Å²) in [5.41, 5.74) is 26.5. The molecule has 0 bridgehead atoms.